The fourth-order valence-corrected chi connectivity index (χ4v) is 2.77. The fraction of sp³-hybridized carbons (Fsp3) is 0.667. The first-order valence-electron chi connectivity index (χ1n) is 6.98. The molecule has 2 rings (SSSR count). The van der Waals surface area contributed by atoms with Gasteiger partial charge >= 0.3 is 0 Å². The molecule has 0 saturated carbocycles. The molecule has 2 nitrogen and oxygen atoms in total. The van der Waals surface area contributed by atoms with Gasteiger partial charge in [0.25, 0.3) is 0 Å². The van der Waals surface area contributed by atoms with E-state index in [0.717, 1.165) is 13.0 Å². The van der Waals surface area contributed by atoms with Crippen LogP contribution in [0.15, 0.2) is 12.7 Å². The van der Waals surface area contributed by atoms with Crippen LogP contribution in [0.3, 0.4) is 0 Å². The van der Waals surface area contributed by atoms with Crippen molar-refractivity contribution in [3.63, 3.8) is 0 Å². The Bertz CT molecular complexity index is 377. The van der Waals surface area contributed by atoms with Crippen molar-refractivity contribution < 1.29 is 0 Å². The number of allylic oxidation sites excluding steroid dienone is 1. The molecule has 1 aliphatic carbocycles. The summed E-state index contributed by atoms with van der Waals surface area (Å²) < 4.78 is 2.46. The quantitative estimate of drug-likeness (QED) is 0.538. The van der Waals surface area contributed by atoms with Crippen LogP contribution >= 0.6 is 0 Å². The van der Waals surface area contributed by atoms with Gasteiger partial charge in [-0.25, -0.2) is 4.98 Å². The van der Waals surface area contributed by atoms with Crippen molar-refractivity contribution in [1.29, 1.82) is 0 Å². The Morgan fingerprint density at radius 2 is 2.06 bits per heavy atom. The highest BCUT2D eigenvalue weighted by Gasteiger charge is 2.17. The van der Waals surface area contributed by atoms with Crippen LogP contribution < -0.4 is 0 Å². The van der Waals surface area contributed by atoms with E-state index in [1.807, 2.05) is 6.08 Å². The van der Waals surface area contributed by atoms with Crippen molar-refractivity contribution in [2.75, 3.05) is 0 Å². The zero-order chi connectivity index (χ0) is 12.1. The molecule has 1 aromatic heterocycles. The van der Waals surface area contributed by atoms with E-state index in [0.29, 0.717) is 0 Å². The second-order valence-electron chi connectivity index (χ2n) is 5.05. The number of aryl methyl sites for hydroxylation is 2. The first kappa shape index (κ1) is 12.4. The van der Waals surface area contributed by atoms with Gasteiger partial charge in [-0.15, -0.1) is 6.58 Å². The van der Waals surface area contributed by atoms with Crippen LogP contribution in [0.4, 0.5) is 0 Å². The molecule has 2 heteroatoms. The average Bonchev–Trinajstić information content (AvgIpc) is 2.65. The van der Waals surface area contributed by atoms with Gasteiger partial charge in [0, 0.05) is 12.2 Å². The predicted molar refractivity (Wildman–Crippen MR) is 72.3 cm³/mol. The van der Waals surface area contributed by atoms with E-state index in [1.54, 1.807) is 0 Å². The normalized spacial score (nSPS) is 14.6. The van der Waals surface area contributed by atoms with Crippen LogP contribution in [-0.2, 0) is 19.4 Å². The van der Waals surface area contributed by atoms with E-state index in [-0.39, 0.29) is 0 Å². The van der Waals surface area contributed by atoms with Crippen LogP contribution in [0.25, 0.3) is 0 Å². The van der Waals surface area contributed by atoms with Gasteiger partial charge in [0.1, 0.15) is 5.82 Å². The average molecular weight is 232 g/mol. The Morgan fingerprint density at radius 3 is 2.88 bits per heavy atom. The maximum absolute atomic E-state index is 4.71. The summed E-state index contributed by atoms with van der Waals surface area (Å²) in [5.41, 5.74) is 2.90. The molecule has 1 heterocycles. The number of fused-ring (bicyclic) bond motifs is 1. The van der Waals surface area contributed by atoms with E-state index in [9.17, 15) is 0 Å². The summed E-state index contributed by atoms with van der Waals surface area (Å²) in [4.78, 5) is 4.71. The van der Waals surface area contributed by atoms with E-state index in [4.69, 9.17) is 4.98 Å². The third kappa shape index (κ3) is 2.99. The first-order chi connectivity index (χ1) is 8.33. The van der Waals surface area contributed by atoms with Crippen LogP contribution in [0, 0.1) is 6.92 Å². The number of hydrogen-bond donors (Lipinski definition) is 0. The molecule has 94 valence electrons. The summed E-state index contributed by atoms with van der Waals surface area (Å²) in [6.07, 6.45) is 12.1. The number of nitrogens with zero attached hydrogens (tertiary/aromatic N) is 2. The van der Waals surface area contributed by atoms with E-state index in [2.05, 4.69) is 18.1 Å². The van der Waals surface area contributed by atoms with Crippen molar-refractivity contribution in [3.8, 4) is 0 Å². The minimum Gasteiger partial charge on any atom is -0.332 e. The Kier molecular flexibility index (Phi) is 4.41. The predicted octanol–water partition coefficient (Wildman–Crippen LogP) is 3.82. The summed E-state index contributed by atoms with van der Waals surface area (Å²) in [5, 5.41) is 0. The molecule has 0 saturated heterocycles. The van der Waals surface area contributed by atoms with Gasteiger partial charge in [0.05, 0.1) is 5.69 Å². The molecule has 0 unspecified atom stereocenters. The molecular formula is C15H24N2. The SMILES string of the molecule is C=CCCCCCn1c(C)nc2c1CCCC2. The van der Waals surface area contributed by atoms with Gasteiger partial charge in [-0.3, -0.25) is 0 Å². The Labute approximate surface area is 105 Å². The number of hydrogen-bond acceptors (Lipinski definition) is 1. The number of aromatic nitrogens is 2. The van der Waals surface area contributed by atoms with Crippen molar-refractivity contribution in [3.05, 3.63) is 29.9 Å². The van der Waals surface area contributed by atoms with Crippen molar-refractivity contribution in [2.45, 2.75) is 64.8 Å². The highest BCUT2D eigenvalue weighted by Crippen LogP contribution is 2.22. The topological polar surface area (TPSA) is 17.8 Å². The van der Waals surface area contributed by atoms with E-state index >= 15 is 0 Å². The number of unbranched alkanes of at least 4 members (excludes halogenated alkanes) is 3. The molecule has 0 aromatic carbocycles. The molecule has 0 spiro atoms. The maximum Gasteiger partial charge on any atom is 0.106 e. The molecule has 0 atom stereocenters. The molecule has 17 heavy (non-hydrogen) atoms. The lowest BCUT2D eigenvalue weighted by Crippen LogP contribution is -2.09. The second-order valence-corrected chi connectivity index (χ2v) is 5.05. The van der Waals surface area contributed by atoms with Crippen LogP contribution in [0.1, 0.15) is 55.7 Å². The number of imidazole rings is 1. The summed E-state index contributed by atoms with van der Waals surface area (Å²) in [6, 6.07) is 0. The third-order valence-corrected chi connectivity index (χ3v) is 3.71. The summed E-state index contributed by atoms with van der Waals surface area (Å²) in [5.74, 6) is 1.22. The third-order valence-electron chi connectivity index (χ3n) is 3.71. The Hall–Kier alpha value is -1.05. The minimum atomic E-state index is 1.15. The summed E-state index contributed by atoms with van der Waals surface area (Å²) in [7, 11) is 0. The maximum atomic E-state index is 4.71. The lowest BCUT2D eigenvalue weighted by molar-refractivity contribution is 0.548. The standard InChI is InChI=1S/C15H24N2/c1-3-4-5-6-9-12-17-13(2)16-14-10-7-8-11-15(14)17/h3H,1,4-12H2,2H3. The van der Waals surface area contributed by atoms with Crippen molar-refractivity contribution >= 4 is 0 Å². The van der Waals surface area contributed by atoms with Gasteiger partial charge in [0.2, 0.25) is 0 Å². The van der Waals surface area contributed by atoms with E-state index in [1.165, 1.54) is 62.2 Å². The van der Waals surface area contributed by atoms with Gasteiger partial charge in [-0.1, -0.05) is 12.5 Å². The van der Waals surface area contributed by atoms with Crippen LogP contribution in [-0.4, -0.2) is 9.55 Å². The highest BCUT2D eigenvalue weighted by atomic mass is 15.1. The number of rotatable bonds is 6. The Balaban J connectivity index is 1.91. The molecule has 0 amide bonds. The zero-order valence-electron chi connectivity index (χ0n) is 11.0. The fourth-order valence-electron chi connectivity index (χ4n) is 2.77. The largest absolute Gasteiger partial charge is 0.332 e. The lowest BCUT2D eigenvalue weighted by atomic mass is 10.0. The second kappa shape index (κ2) is 6.04. The minimum absolute atomic E-state index is 1.15. The van der Waals surface area contributed by atoms with Crippen molar-refractivity contribution in [1.82, 2.24) is 9.55 Å². The van der Waals surface area contributed by atoms with Crippen molar-refractivity contribution in [2.24, 2.45) is 0 Å². The molecule has 0 bridgehead atoms. The smallest absolute Gasteiger partial charge is 0.106 e. The lowest BCUT2D eigenvalue weighted by Gasteiger charge is -2.14. The van der Waals surface area contributed by atoms with Crippen LogP contribution in [0.2, 0.25) is 0 Å². The van der Waals surface area contributed by atoms with Gasteiger partial charge < -0.3 is 4.57 Å². The van der Waals surface area contributed by atoms with Gasteiger partial charge in [-0.05, 0) is 51.9 Å². The molecule has 1 aliphatic rings. The first-order valence-corrected chi connectivity index (χ1v) is 6.98. The monoisotopic (exact) mass is 232 g/mol. The molecule has 0 N–H and O–H groups in total. The highest BCUT2D eigenvalue weighted by molar-refractivity contribution is 5.19. The van der Waals surface area contributed by atoms with Gasteiger partial charge in [-0.2, -0.15) is 0 Å². The molecular weight excluding hydrogens is 208 g/mol. The van der Waals surface area contributed by atoms with E-state index < -0.39 is 0 Å². The molecule has 0 fully saturated rings. The summed E-state index contributed by atoms with van der Waals surface area (Å²) in [6.45, 7) is 7.08. The molecule has 1 aromatic rings. The zero-order valence-corrected chi connectivity index (χ0v) is 11.0. The summed E-state index contributed by atoms with van der Waals surface area (Å²) >= 11 is 0. The molecule has 0 radical (unpaired) electrons. The van der Waals surface area contributed by atoms with Gasteiger partial charge in [0.15, 0.2) is 0 Å². The Morgan fingerprint density at radius 1 is 1.24 bits per heavy atom. The van der Waals surface area contributed by atoms with Crippen LogP contribution in [0.5, 0.6) is 0 Å². The molecule has 0 aliphatic heterocycles.